The number of hydrogen-bond donors (Lipinski definition) is 1. The van der Waals surface area contributed by atoms with Gasteiger partial charge in [-0.3, -0.25) is 0 Å². The summed E-state index contributed by atoms with van der Waals surface area (Å²) in [5.74, 6) is 1.61. The minimum atomic E-state index is 0.271. The van der Waals surface area contributed by atoms with Crippen molar-refractivity contribution in [2.45, 2.75) is 26.8 Å². The second-order valence-electron chi connectivity index (χ2n) is 5.91. The number of nitrogens with one attached hydrogen (secondary N) is 1. The van der Waals surface area contributed by atoms with Crippen molar-refractivity contribution in [3.8, 4) is 10.7 Å². The quantitative estimate of drug-likeness (QED) is 0.616. The first-order valence-corrected chi connectivity index (χ1v) is 8.47. The lowest BCUT2D eigenvalue weighted by molar-refractivity contribution is 0.869. The Morgan fingerprint density at radius 3 is 2.78 bits per heavy atom. The molecule has 1 aromatic carbocycles. The number of fused-ring (bicyclic) bond motifs is 3. The zero-order valence-corrected chi connectivity index (χ0v) is 14.1. The van der Waals surface area contributed by atoms with E-state index in [1.807, 2.05) is 21.9 Å². The molecule has 0 spiro atoms. The van der Waals surface area contributed by atoms with E-state index in [4.69, 9.17) is 4.98 Å². The highest BCUT2D eigenvalue weighted by Crippen LogP contribution is 2.29. The number of benzene rings is 1. The monoisotopic (exact) mass is 323 g/mol. The third kappa shape index (κ3) is 2.35. The maximum Gasteiger partial charge on any atom is 0.211 e. The van der Waals surface area contributed by atoms with Crippen LogP contribution in [0.5, 0.6) is 0 Å². The highest BCUT2D eigenvalue weighted by molar-refractivity contribution is 7.13. The van der Waals surface area contributed by atoms with Gasteiger partial charge in [0.05, 0.1) is 10.4 Å². The molecule has 3 aromatic heterocycles. The fraction of sp³-hybridized carbons (Fsp3) is 0.235. The average Bonchev–Trinajstić information content (AvgIpc) is 3.16. The molecule has 0 saturated heterocycles. The second kappa shape index (κ2) is 5.31. The molecule has 0 aliphatic rings. The maximum atomic E-state index is 4.80. The number of hydrogen-bond acceptors (Lipinski definition) is 5. The lowest BCUT2D eigenvalue weighted by atomic mass is 10.1. The molecule has 5 nitrogen and oxygen atoms in total. The van der Waals surface area contributed by atoms with E-state index >= 15 is 0 Å². The fourth-order valence-corrected chi connectivity index (χ4v) is 3.37. The highest BCUT2D eigenvalue weighted by Gasteiger charge is 2.17. The number of rotatable bonds is 3. The molecule has 23 heavy (non-hydrogen) atoms. The van der Waals surface area contributed by atoms with Crippen molar-refractivity contribution in [2.75, 3.05) is 5.32 Å². The maximum absolute atomic E-state index is 4.80. The molecule has 0 bridgehead atoms. The molecule has 6 heteroatoms. The average molecular weight is 323 g/mol. The lowest BCUT2D eigenvalue weighted by Gasteiger charge is -2.13. The SMILES string of the molecule is Cc1ccc2nc(NC(C)C)n3c(-c4cccs4)nnc3c2c1. The summed E-state index contributed by atoms with van der Waals surface area (Å²) in [6.07, 6.45) is 0. The number of aromatic nitrogens is 4. The summed E-state index contributed by atoms with van der Waals surface area (Å²) in [5.41, 5.74) is 2.95. The minimum absolute atomic E-state index is 0.271. The van der Waals surface area contributed by atoms with E-state index in [1.165, 1.54) is 5.56 Å². The van der Waals surface area contributed by atoms with Crippen LogP contribution in [0.15, 0.2) is 35.7 Å². The van der Waals surface area contributed by atoms with E-state index in [1.54, 1.807) is 11.3 Å². The Kier molecular flexibility index (Phi) is 3.27. The van der Waals surface area contributed by atoms with Crippen molar-refractivity contribution < 1.29 is 0 Å². The zero-order valence-electron chi connectivity index (χ0n) is 13.2. The first-order chi connectivity index (χ1) is 11.1. The van der Waals surface area contributed by atoms with Crippen molar-refractivity contribution in [1.29, 1.82) is 0 Å². The van der Waals surface area contributed by atoms with Crippen LogP contribution in [-0.4, -0.2) is 25.6 Å². The number of anilines is 1. The molecule has 0 aliphatic heterocycles. The molecule has 4 rings (SSSR count). The van der Waals surface area contributed by atoms with E-state index in [9.17, 15) is 0 Å². The lowest BCUT2D eigenvalue weighted by Crippen LogP contribution is -2.15. The van der Waals surface area contributed by atoms with Crippen LogP contribution >= 0.6 is 11.3 Å². The van der Waals surface area contributed by atoms with Crippen LogP contribution in [0.2, 0.25) is 0 Å². The molecule has 0 atom stereocenters. The summed E-state index contributed by atoms with van der Waals surface area (Å²) in [7, 11) is 0. The molecule has 1 N–H and O–H groups in total. The Labute approximate surface area is 138 Å². The normalized spacial score (nSPS) is 11.7. The van der Waals surface area contributed by atoms with E-state index in [0.29, 0.717) is 0 Å². The van der Waals surface area contributed by atoms with Gasteiger partial charge in [-0.2, -0.15) is 0 Å². The Morgan fingerprint density at radius 1 is 1.17 bits per heavy atom. The van der Waals surface area contributed by atoms with Crippen molar-refractivity contribution in [2.24, 2.45) is 0 Å². The van der Waals surface area contributed by atoms with Gasteiger partial charge in [0.25, 0.3) is 0 Å². The summed E-state index contributed by atoms with van der Waals surface area (Å²) in [4.78, 5) is 5.89. The number of nitrogens with zero attached hydrogens (tertiary/aromatic N) is 4. The van der Waals surface area contributed by atoms with Gasteiger partial charge in [-0.1, -0.05) is 17.7 Å². The minimum Gasteiger partial charge on any atom is -0.353 e. The molecule has 0 saturated carbocycles. The van der Waals surface area contributed by atoms with Crippen molar-refractivity contribution >= 4 is 33.8 Å². The van der Waals surface area contributed by atoms with Gasteiger partial charge in [-0.25, -0.2) is 9.38 Å². The van der Waals surface area contributed by atoms with Gasteiger partial charge >= 0.3 is 0 Å². The standard InChI is InChI=1S/C17H17N5S/c1-10(2)18-17-19-13-7-6-11(3)9-12(13)15-20-21-16(22(15)17)14-5-4-8-23-14/h4-10H,1-3H3,(H,18,19). The van der Waals surface area contributed by atoms with Gasteiger partial charge in [-0.15, -0.1) is 21.5 Å². The smallest absolute Gasteiger partial charge is 0.211 e. The van der Waals surface area contributed by atoms with Crippen molar-refractivity contribution in [3.63, 3.8) is 0 Å². The predicted octanol–water partition coefficient (Wildman–Crippen LogP) is 4.13. The molecule has 0 aliphatic carbocycles. The van der Waals surface area contributed by atoms with Crippen LogP contribution in [0.25, 0.3) is 27.3 Å². The molecule has 0 amide bonds. The molecule has 0 radical (unpaired) electrons. The molecule has 0 fully saturated rings. The van der Waals surface area contributed by atoms with Crippen LogP contribution in [0.4, 0.5) is 5.95 Å². The fourth-order valence-electron chi connectivity index (χ4n) is 2.67. The molecular weight excluding hydrogens is 306 g/mol. The second-order valence-corrected chi connectivity index (χ2v) is 6.86. The van der Waals surface area contributed by atoms with E-state index in [0.717, 1.165) is 33.2 Å². The molecule has 4 aromatic rings. The third-order valence-electron chi connectivity index (χ3n) is 3.65. The Bertz CT molecular complexity index is 985. The predicted molar refractivity (Wildman–Crippen MR) is 95.1 cm³/mol. The summed E-state index contributed by atoms with van der Waals surface area (Å²) in [5, 5.41) is 15.4. The van der Waals surface area contributed by atoms with E-state index < -0.39 is 0 Å². The molecule has 116 valence electrons. The molecule has 3 heterocycles. The summed E-state index contributed by atoms with van der Waals surface area (Å²) in [6, 6.07) is 10.6. The van der Waals surface area contributed by atoms with Gasteiger partial charge in [0.1, 0.15) is 0 Å². The first kappa shape index (κ1) is 14.1. The Morgan fingerprint density at radius 2 is 2.04 bits per heavy atom. The van der Waals surface area contributed by atoms with Crippen LogP contribution in [0, 0.1) is 6.92 Å². The van der Waals surface area contributed by atoms with E-state index in [2.05, 4.69) is 54.5 Å². The number of aryl methyl sites for hydroxylation is 1. The van der Waals surface area contributed by atoms with Gasteiger partial charge < -0.3 is 5.32 Å². The van der Waals surface area contributed by atoms with Gasteiger partial charge in [0.15, 0.2) is 11.5 Å². The van der Waals surface area contributed by atoms with E-state index in [-0.39, 0.29) is 6.04 Å². The molecule has 0 unspecified atom stereocenters. The summed E-state index contributed by atoms with van der Waals surface area (Å²) < 4.78 is 2.02. The molecular formula is C17H17N5S. The zero-order chi connectivity index (χ0) is 16.0. The topological polar surface area (TPSA) is 55.1 Å². The Balaban J connectivity index is 2.10. The van der Waals surface area contributed by atoms with Gasteiger partial charge in [-0.05, 0) is 44.4 Å². The van der Waals surface area contributed by atoms with Crippen molar-refractivity contribution in [1.82, 2.24) is 19.6 Å². The van der Waals surface area contributed by atoms with Crippen LogP contribution < -0.4 is 5.32 Å². The Hall–Kier alpha value is -2.47. The highest BCUT2D eigenvalue weighted by atomic mass is 32.1. The van der Waals surface area contributed by atoms with Crippen LogP contribution in [0.1, 0.15) is 19.4 Å². The van der Waals surface area contributed by atoms with Gasteiger partial charge in [0.2, 0.25) is 5.95 Å². The van der Waals surface area contributed by atoms with Gasteiger partial charge in [0, 0.05) is 11.4 Å². The van der Waals surface area contributed by atoms with Crippen LogP contribution in [0.3, 0.4) is 0 Å². The first-order valence-electron chi connectivity index (χ1n) is 7.59. The number of thiophene rings is 1. The van der Waals surface area contributed by atoms with Crippen LogP contribution in [-0.2, 0) is 0 Å². The van der Waals surface area contributed by atoms with Crippen molar-refractivity contribution in [3.05, 3.63) is 41.3 Å². The summed E-state index contributed by atoms with van der Waals surface area (Å²) in [6.45, 7) is 6.27. The largest absolute Gasteiger partial charge is 0.353 e. The summed E-state index contributed by atoms with van der Waals surface area (Å²) >= 11 is 1.65. The third-order valence-corrected chi connectivity index (χ3v) is 4.52.